The Morgan fingerprint density at radius 2 is 1.92 bits per heavy atom. The van der Waals surface area contributed by atoms with E-state index in [1.807, 2.05) is 6.92 Å². The summed E-state index contributed by atoms with van der Waals surface area (Å²) in [4.78, 5) is 25.4. The lowest BCUT2D eigenvalue weighted by atomic mass is 9.97. The van der Waals surface area contributed by atoms with E-state index in [9.17, 15) is 14.0 Å². The van der Waals surface area contributed by atoms with Gasteiger partial charge in [-0.15, -0.1) is 0 Å². The van der Waals surface area contributed by atoms with E-state index >= 15 is 0 Å². The van der Waals surface area contributed by atoms with Crippen LogP contribution in [0, 0.1) is 11.7 Å². The number of amides is 3. The first-order valence-electron chi connectivity index (χ1n) is 8.24. The van der Waals surface area contributed by atoms with E-state index in [0.29, 0.717) is 37.8 Å². The highest BCUT2D eigenvalue weighted by molar-refractivity contribution is 5.89. The zero-order chi connectivity index (χ0) is 17.4. The average molecular weight is 337 g/mol. The van der Waals surface area contributed by atoms with Crippen LogP contribution in [0.25, 0.3) is 0 Å². The summed E-state index contributed by atoms with van der Waals surface area (Å²) in [6.07, 6.45) is 1.68. The van der Waals surface area contributed by atoms with E-state index in [-0.39, 0.29) is 24.4 Å². The zero-order valence-corrected chi connectivity index (χ0v) is 13.9. The molecule has 1 aliphatic heterocycles. The van der Waals surface area contributed by atoms with Crippen LogP contribution in [0.3, 0.4) is 0 Å². The number of rotatable bonds is 6. The van der Waals surface area contributed by atoms with Gasteiger partial charge in [-0.25, -0.2) is 9.18 Å². The molecule has 2 rings (SSSR count). The number of halogens is 1. The molecule has 1 aliphatic rings. The maximum Gasteiger partial charge on any atom is 0.321 e. The maximum atomic E-state index is 12.9. The molecule has 0 aromatic heterocycles. The van der Waals surface area contributed by atoms with Crippen LogP contribution in [0.1, 0.15) is 19.8 Å². The number of likely N-dealkylation sites (tertiary alicyclic amines) is 1. The third kappa shape index (κ3) is 5.81. The number of ether oxygens (including phenoxy) is 1. The molecule has 0 radical (unpaired) electrons. The molecule has 1 heterocycles. The summed E-state index contributed by atoms with van der Waals surface area (Å²) < 4.78 is 17.9. The molecule has 6 nitrogen and oxygen atoms in total. The van der Waals surface area contributed by atoms with Crippen LogP contribution in [-0.4, -0.2) is 49.7 Å². The molecule has 2 N–H and O–H groups in total. The normalized spacial score (nSPS) is 15.2. The fourth-order valence-corrected chi connectivity index (χ4v) is 2.58. The fraction of sp³-hybridized carbons (Fsp3) is 0.529. The number of hydrogen-bond donors (Lipinski definition) is 2. The lowest BCUT2D eigenvalue weighted by Crippen LogP contribution is -2.43. The minimum atomic E-state index is -0.333. The molecular formula is C17H24FN3O3. The zero-order valence-electron chi connectivity index (χ0n) is 13.9. The van der Waals surface area contributed by atoms with Crippen LogP contribution < -0.4 is 10.6 Å². The van der Waals surface area contributed by atoms with Crippen LogP contribution in [0.5, 0.6) is 0 Å². The van der Waals surface area contributed by atoms with E-state index < -0.39 is 0 Å². The molecule has 1 fully saturated rings. The number of nitrogens with one attached hydrogen (secondary N) is 2. The first kappa shape index (κ1) is 18.2. The number of anilines is 1. The van der Waals surface area contributed by atoms with Crippen molar-refractivity contribution < 1.29 is 18.7 Å². The van der Waals surface area contributed by atoms with Crippen LogP contribution in [0.4, 0.5) is 14.9 Å². The van der Waals surface area contributed by atoms with E-state index in [1.54, 1.807) is 4.90 Å². The highest BCUT2D eigenvalue weighted by Crippen LogP contribution is 2.18. The lowest BCUT2D eigenvalue weighted by Gasteiger charge is -2.32. The summed E-state index contributed by atoms with van der Waals surface area (Å²) in [5.41, 5.74) is 0.576. The molecule has 0 saturated carbocycles. The van der Waals surface area contributed by atoms with E-state index in [0.717, 1.165) is 12.8 Å². The standard InChI is InChI=1S/C17H24FN3O3/c1-2-24-12-16(22)19-11-13-7-9-21(10-8-13)17(23)20-15-5-3-14(18)4-6-15/h3-6,13H,2,7-12H2,1H3,(H,19,22)(H,20,23). The predicted molar refractivity (Wildman–Crippen MR) is 89.2 cm³/mol. The van der Waals surface area contributed by atoms with Gasteiger partial charge in [0.05, 0.1) is 0 Å². The van der Waals surface area contributed by atoms with Crippen molar-refractivity contribution in [3.8, 4) is 0 Å². The van der Waals surface area contributed by atoms with Crippen molar-refractivity contribution in [3.05, 3.63) is 30.1 Å². The fourth-order valence-electron chi connectivity index (χ4n) is 2.58. The van der Waals surface area contributed by atoms with Gasteiger partial charge in [0.25, 0.3) is 0 Å². The summed E-state index contributed by atoms with van der Waals surface area (Å²) in [7, 11) is 0. The Hall–Kier alpha value is -2.15. The topological polar surface area (TPSA) is 70.7 Å². The molecule has 0 bridgehead atoms. The second-order valence-corrected chi connectivity index (χ2v) is 5.81. The Balaban J connectivity index is 1.69. The van der Waals surface area contributed by atoms with Gasteiger partial charge in [-0.05, 0) is 49.9 Å². The molecule has 0 spiro atoms. The van der Waals surface area contributed by atoms with Gasteiger partial charge in [0.2, 0.25) is 5.91 Å². The number of piperidine rings is 1. The second-order valence-electron chi connectivity index (χ2n) is 5.81. The largest absolute Gasteiger partial charge is 0.372 e. The summed E-state index contributed by atoms with van der Waals surface area (Å²) in [6, 6.07) is 5.52. The van der Waals surface area contributed by atoms with Gasteiger partial charge in [0.15, 0.2) is 0 Å². The van der Waals surface area contributed by atoms with Crippen LogP contribution in [-0.2, 0) is 9.53 Å². The van der Waals surface area contributed by atoms with Crippen LogP contribution >= 0.6 is 0 Å². The van der Waals surface area contributed by atoms with Crippen molar-refractivity contribution in [1.29, 1.82) is 0 Å². The van der Waals surface area contributed by atoms with Crippen molar-refractivity contribution in [2.45, 2.75) is 19.8 Å². The number of benzene rings is 1. The van der Waals surface area contributed by atoms with Crippen molar-refractivity contribution in [2.24, 2.45) is 5.92 Å². The Morgan fingerprint density at radius 1 is 1.25 bits per heavy atom. The highest BCUT2D eigenvalue weighted by atomic mass is 19.1. The number of carbonyl (C=O) groups is 2. The van der Waals surface area contributed by atoms with Gasteiger partial charge >= 0.3 is 6.03 Å². The van der Waals surface area contributed by atoms with E-state index in [1.165, 1.54) is 24.3 Å². The van der Waals surface area contributed by atoms with E-state index in [4.69, 9.17) is 4.74 Å². The second kappa shape index (κ2) is 9.22. The van der Waals surface area contributed by atoms with Crippen molar-refractivity contribution in [1.82, 2.24) is 10.2 Å². The van der Waals surface area contributed by atoms with Crippen molar-refractivity contribution in [2.75, 3.05) is 38.2 Å². The summed E-state index contributed by atoms with van der Waals surface area (Å²) in [6.45, 7) is 4.35. The number of hydrogen-bond acceptors (Lipinski definition) is 3. The molecule has 3 amide bonds. The molecular weight excluding hydrogens is 313 g/mol. The molecule has 1 aromatic carbocycles. The minimum Gasteiger partial charge on any atom is -0.372 e. The van der Waals surface area contributed by atoms with Crippen molar-refractivity contribution >= 4 is 17.6 Å². The highest BCUT2D eigenvalue weighted by Gasteiger charge is 2.23. The Bertz CT molecular complexity index is 543. The van der Waals surface area contributed by atoms with E-state index in [2.05, 4.69) is 10.6 Å². The molecule has 1 aromatic rings. The number of urea groups is 1. The maximum absolute atomic E-state index is 12.9. The van der Waals surface area contributed by atoms with Crippen molar-refractivity contribution in [3.63, 3.8) is 0 Å². The Labute approximate surface area is 141 Å². The molecule has 0 atom stereocenters. The molecule has 7 heteroatoms. The molecule has 0 unspecified atom stereocenters. The molecule has 132 valence electrons. The minimum absolute atomic E-state index is 0.0927. The average Bonchev–Trinajstić information content (AvgIpc) is 2.60. The monoisotopic (exact) mass is 337 g/mol. The SMILES string of the molecule is CCOCC(=O)NCC1CCN(C(=O)Nc2ccc(F)cc2)CC1. The third-order valence-corrected chi connectivity index (χ3v) is 4.02. The van der Waals surface area contributed by atoms with Gasteiger partial charge < -0.3 is 20.3 Å². The lowest BCUT2D eigenvalue weighted by molar-refractivity contribution is -0.125. The first-order valence-corrected chi connectivity index (χ1v) is 8.24. The van der Waals surface area contributed by atoms with Gasteiger partial charge in [-0.2, -0.15) is 0 Å². The molecule has 0 aliphatic carbocycles. The van der Waals surface area contributed by atoms with Crippen LogP contribution in [0.2, 0.25) is 0 Å². The third-order valence-electron chi connectivity index (χ3n) is 4.02. The summed E-state index contributed by atoms with van der Waals surface area (Å²) in [5.74, 6) is -0.0704. The quantitative estimate of drug-likeness (QED) is 0.836. The van der Waals surface area contributed by atoms with Gasteiger partial charge in [0.1, 0.15) is 12.4 Å². The molecule has 24 heavy (non-hydrogen) atoms. The Morgan fingerprint density at radius 3 is 2.54 bits per heavy atom. The van der Waals surface area contributed by atoms with Gasteiger partial charge in [-0.3, -0.25) is 4.79 Å². The Kier molecular flexibility index (Phi) is 6.99. The summed E-state index contributed by atoms with van der Waals surface area (Å²) >= 11 is 0. The number of nitrogens with zero attached hydrogens (tertiary/aromatic N) is 1. The first-order chi connectivity index (χ1) is 11.6. The van der Waals surface area contributed by atoms with Gasteiger partial charge in [0, 0.05) is 31.9 Å². The predicted octanol–water partition coefficient (Wildman–Crippen LogP) is 2.22. The molecule has 1 saturated heterocycles. The smallest absolute Gasteiger partial charge is 0.321 e. The number of carbonyl (C=O) groups excluding carboxylic acids is 2. The summed E-state index contributed by atoms with van der Waals surface area (Å²) in [5, 5.41) is 5.62. The van der Waals surface area contributed by atoms with Crippen LogP contribution in [0.15, 0.2) is 24.3 Å². The van der Waals surface area contributed by atoms with Gasteiger partial charge in [-0.1, -0.05) is 0 Å².